The molecule has 2 aromatic rings. The lowest BCUT2D eigenvalue weighted by molar-refractivity contribution is -0.122. The molecule has 2 aromatic carbocycles. The summed E-state index contributed by atoms with van der Waals surface area (Å²) in [6.45, 7) is 5.21. The molecule has 150 valence electrons. The van der Waals surface area contributed by atoms with Gasteiger partial charge in [-0.25, -0.2) is 0 Å². The van der Waals surface area contributed by atoms with Gasteiger partial charge >= 0.3 is 0 Å². The van der Waals surface area contributed by atoms with Crippen molar-refractivity contribution in [3.8, 4) is 5.75 Å². The van der Waals surface area contributed by atoms with Crippen molar-refractivity contribution in [3.05, 3.63) is 60.2 Å². The van der Waals surface area contributed by atoms with Crippen LogP contribution in [0.25, 0.3) is 0 Å². The van der Waals surface area contributed by atoms with E-state index in [1.54, 1.807) is 14.2 Å². The van der Waals surface area contributed by atoms with Crippen molar-refractivity contribution in [1.29, 1.82) is 0 Å². The Balaban J connectivity index is 1.73. The predicted molar refractivity (Wildman–Crippen MR) is 111 cm³/mol. The summed E-state index contributed by atoms with van der Waals surface area (Å²) in [7, 11) is 3.35. The number of anilines is 1. The maximum atomic E-state index is 13.2. The third-order valence-electron chi connectivity index (χ3n) is 5.08. The topological polar surface area (TPSA) is 54.0 Å². The molecule has 28 heavy (non-hydrogen) atoms. The zero-order valence-electron chi connectivity index (χ0n) is 16.6. The van der Waals surface area contributed by atoms with Gasteiger partial charge in [-0.15, -0.1) is 0 Å². The van der Waals surface area contributed by atoms with E-state index in [1.165, 1.54) is 0 Å². The molecule has 0 aliphatic carbocycles. The van der Waals surface area contributed by atoms with E-state index in [2.05, 4.69) is 15.1 Å². The number of benzene rings is 2. The number of rotatable bonds is 8. The van der Waals surface area contributed by atoms with Gasteiger partial charge in [0.1, 0.15) is 11.8 Å². The maximum absolute atomic E-state index is 13.2. The van der Waals surface area contributed by atoms with Gasteiger partial charge in [0.15, 0.2) is 0 Å². The van der Waals surface area contributed by atoms with Crippen LogP contribution in [0.1, 0.15) is 11.6 Å². The Hall–Kier alpha value is -2.41. The van der Waals surface area contributed by atoms with Gasteiger partial charge in [0.2, 0.25) is 5.91 Å². The normalized spacial score (nSPS) is 16.5. The van der Waals surface area contributed by atoms with Gasteiger partial charge in [-0.3, -0.25) is 14.6 Å². The van der Waals surface area contributed by atoms with E-state index < -0.39 is 0 Å². The lowest BCUT2D eigenvalue weighted by Gasteiger charge is -2.38. The van der Waals surface area contributed by atoms with E-state index in [0.717, 1.165) is 56.3 Å². The van der Waals surface area contributed by atoms with Crippen LogP contribution in [0.4, 0.5) is 5.69 Å². The van der Waals surface area contributed by atoms with Crippen molar-refractivity contribution in [1.82, 2.24) is 9.80 Å². The van der Waals surface area contributed by atoms with Crippen molar-refractivity contribution >= 4 is 11.6 Å². The highest BCUT2D eigenvalue weighted by Gasteiger charge is 2.30. The molecule has 1 heterocycles. The summed E-state index contributed by atoms with van der Waals surface area (Å²) < 4.78 is 10.4. The van der Waals surface area contributed by atoms with Crippen molar-refractivity contribution in [3.63, 3.8) is 0 Å². The molecule has 6 nitrogen and oxygen atoms in total. The molecule has 1 fully saturated rings. The van der Waals surface area contributed by atoms with Crippen LogP contribution in [0.5, 0.6) is 5.75 Å². The van der Waals surface area contributed by atoms with Crippen molar-refractivity contribution in [2.45, 2.75) is 6.04 Å². The zero-order chi connectivity index (χ0) is 19.8. The lowest BCUT2D eigenvalue weighted by Crippen LogP contribution is -2.50. The van der Waals surface area contributed by atoms with Gasteiger partial charge < -0.3 is 14.8 Å². The lowest BCUT2D eigenvalue weighted by atomic mass is 10.0. The minimum Gasteiger partial charge on any atom is -0.497 e. The van der Waals surface area contributed by atoms with E-state index in [1.807, 2.05) is 54.6 Å². The fourth-order valence-electron chi connectivity index (χ4n) is 3.54. The summed E-state index contributed by atoms with van der Waals surface area (Å²) in [6, 6.07) is 17.1. The minimum atomic E-state index is -0.322. The summed E-state index contributed by atoms with van der Waals surface area (Å²) in [4.78, 5) is 17.9. The zero-order valence-corrected chi connectivity index (χ0v) is 16.6. The second-order valence-corrected chi connectivity index (χ2v) is 6.90. The van der Waals surface area contributed by atoms with Crippen LogP contribution in [0, 0.1) is 0 Å². The quantitative estimate of drug-likeness (QED) is 0.760. The Kier molecular flexibility index (Phi) is 7.42. The van der Waals surface area contributed by atoms with Gasteiger partial charge in [-0.1, -0.05) is 36.4 Å². The number of ether oxygens (including phenoxy) is 2. The Morgan fingerprint density at radius 2 is 1.79 bits per heavy atom. The molecule has 0 saturated carbocycles. The van der Waals surface area contributed by atoms with Crippen LogP contribution in [-0.4, -0.2) is 69.3 Å². The van der Waals surface area contributed by atoms with Crippen molar-refractivity contribution in [2.75, 3.05) is 58.9 Å². The Morgan fingerprint density at radius 3 is 2.46 bits per heavy atom. The number of carbonyl (C=O) groups is 1. The van der Waals surface area contributed by atoms with E-state index >= 15 is 0 Å². The molecule has 1 amide bonds. The van der Waals surface area contributed by atoms with E-state index in [0.29, 0.717) is 0 Å². The van der Waals surface area contributed by atoms with E-state index in [4.69, 9.17) is 9.47 Å². The number of carbonyl (C=O) groups excluding carboxylic acids is 1. The van der Waals surface area contributed by atoms with Crippen LogP contribution >= 0.6 is 0 Å². The van der Waals surface area contributed by atoms with E-state index in [9.17, 15) is 4.79 Å². The molecule has 6 heteroatoms. The number of piperazine rings is 1. The Labute approximate surface area is 167 Å². The molecular weight excluding hydrogens is 354 g/mol. The monoisotopic (exact) mass is 383 g/mol. The molecule has 0 spiro atoms. The first kappa shape index (κ1) is 20.3. The molecule has 1 aliphatic heterocycles. The first-order valence-electron chi connectivity index (χ1n) is 9.66. The van der Waals surface area contributed by atoms with Gasteiger partial charge in [0.05, 0.1) is 13.7 Å². The fourth-order valence-corrected chi connectivity index (χ4v) is 3.54. The molecule has 0 radical (unpaired) electrons. The first-order valence-corrected chi connectivity index (χ1v) is 9.66. The third-order valence-corrected chi connectivity index (χ3v) is 5.08. The average molecular weight is 383 g/mol. The summed E-state index contributed by atoms with van der Waals surface area (Å²) in [5.74, 6) is 0.700. The number of amides is 1. The summed E-state index contributed by atoms with van der Waals surface area (Å²) in [5.41, 5.74) is 1.75. The molecule has 1 unspecified atom stereocenters. The van der Waals surface area contributed by atoms with Crippen molar-refractivity contribution in [2.24, 2.45) is 0 Å². The second-order valence-electron chi connectivity index (χ2n) is 6.90. The standard InChI is InChI=1S/C22H29N3O3/c1-27-16-15-24-11-13-25(14-12-24)21(18-7-4-3-5-8-18)22(26)23-19-9-6-10-20(17-19)28-2/h3-10,17,21H,11-16H2,1-2H3,(H,23,26). The molecule has 0 aromatic heterocycles. The van der Waals surface area contributed by atoms with Gasteiger partial charge in [0, 0.05) is 51.6 Å². The third kappa shape index (κ3) is 5.32. The van der Waals surface area contributed by atoms with Gasteiger partial charge in [-0.05, 0) is 17.7 Å². The van der Waals surface area contributed by atoms with Crippen LogP contribution in [0.2, 0.25) is 0 Å². The highest BCUT2D eigenvalue weighted by molar-refractivity contribution is 5.95. The van der Waals surface area contributed by atoms with Crippen LogP contribution in [0.3, 0.4) is 0 Å². The predicted octanol–water partition coefficient (Wildman–Crippen LogP) is 2.64. The summed E-state index contributed by atoms with van der Waals surface area (Å²) in [6.07, 6.45) is 0. The van der Waals surface area contributed by atoms with Crippen molar-refractivity contribution < 1.29 is 14.3 Å². The highest BCUT2D eigenvalue weighted by atomic mass is 16.5. The molecule has 1 N–H and O–H groups in total. The molecule has 1 atom stereocenters. The van der Waals surface area contributed by atoms with Crippen LogP contribution < -0.4 is 10.1 Å². The molecule has 1 aliphatic rings. The summed E-state index contributed by atoms with van der Waals surface area (Å²) in [5, 5.41) is 3.06. The number of nitrogens with one attached hydrogen (secondary N) is 1. The Bertz CT molecular complexity index is 746. The minimum absolute atomic E-state index is 0.0233. The maximum Gasteiger partial charge on any atom is 0.246 e. The van der Waals surface area contributed by atoms with Gasteiger partial charge in [0.25, 0.3) is 0 Å². The first-order chi connectivity index (χ1) is 13.7. The number of nitrogens with zero attached hydrogens (tertiary/aromatic N) is 2. The summed E-state index contributed by atoms with van der Waals surface area (Å²) >= 11 is 0. The SMILES string of the molecule is COCCN1CCN(C(C(=O)Nc2cccc(OC)c2)c2ccccc2)CC1. The van der Waals surface area contributed by atoms with E-state index in [-0.39, 0.29) is 11.9 Å². The van der Waals surface area contributed by atoms with Crippen LogP contribution in [0.15, 0.2) is 54.6 Å². The molecule has 1 saturated heterocycles. The van der Waals surface area contributed by atoms with Gasteiger partial charge in [-0.2, -0.15) is 0 Å². The fraction of sp³-hybridized carbons (Fsp3) is 0.409. The average Bonchev–Trinajstić information content (AvgIpc) is 2.74. The second kappa shape index (κ2) is 10.2. The molecular formula is C22H29N3O3. The molecule has 0 bridgehead atoms. The molecule has 3 rings (SSSR count). The Morgan fingerprint density at radius 1 is 1.04 bits per heavy atom. The number of methoxy groups -OCH3 is 2. The number of hydrogen-bond donors (Lipinski definition) is 1. The largest absolute Gasteiger partial charge is 0.497 e. The highest BCUT2D eigenvalue weighted by Crippen LogP contribution is 2.25. The van der Waals surface area contributed by atoms with Crippen LogP contribution in [-0.2, 0) is 9.53 Å². The smallest absolute Gasteiger partial charge is 0.246 e. The number of hydrogen-bond acceptors (Lipinski definition) is 5.